The molecule has 0 spiro atoms. The van der Waals surface area contributed by atoms with E-state index < -0.39 is 18.1 Å². The molecule has 0 aromatic heterocycles. The van der Waals surface area contributed by atoms with E-state index in [1.165, 1.54) is 17.9 Å². The molecule has 0 radical (unpaired) electrons. The van der Waals surface area contributed by atoms with Crippen molar-refractivity contribution >= 4 is 12.1 Å². The largest absolute Gasteiger partial charge is 0.480 e. The molecular weight excluding hydrogens is 198 g/mol. The van der Waals surface area contributed by atoms with E-state index in [1.807, 2.05) is 6.92 Å². The molecule has 15 heavy (non-hydrogen) atoms. The maximum Gasteiger partial charge on any atom is 0.410 e. The average Bonchev–Trinajstić information content (AvgIpc) is 2.21. The van der Waals surface area contributed by atoms with Gasteiger partial charge in [0.2, 0.25) is 0 Å². The SMILES string of the molecule is C=CCOC(=O)N(CCC)C(C)C(=O)O. The van der Waals surface area contributed by atoms with Crippen LogP contribution in [0, 0.1) is 0 Å². The van der Waals surface area contributed by atoms with E-state index in [1.54, 1.807) is 0 Å². The lowest BCUT2D eigenvalue weighted by molar-refractivity contribution is -0.142. The van der Waals surface area contributed by atoms with E-state index in [-0.39, 0.29) is 6.61 Å². The molecule has 0 saturated heterocycles. The molecule has 0 rings (SSSR count). The second kappa shape index (κ2) is 6.86. The Morgan fingerprint density at radius 3 is 2.60 bits per heavy atom. The smallest absolute Gasteiger partial charge is 0.410 e. The molecule has 0 bridgehead atoms. The van der Waals surface area contributed by atoms with Gasteiger partial charge in [0, 0.05) is 6.54 Å². The van der Waals surface area contributed by atoms with Gasteiger partial charge in [0.15, 0.2) is 0 Å². The Labute approximate surface area is 89.3 Å². The molecule has 0 aromatic carbocycles. The lowest BCUT2D eigenvalue weighted by atomic mass is 10.3. The zero-order valence-corrected chi connectivity index (χ0v) is 9.10. The van der Waals surface area contributed by atoms with Crippen LogP contribution < -0.4 is 0 Å². The normalized spacial score (nSPS) is 11.6. The van der Waals surface area contributed by atoms with Crippen LogP contribution in [-0.2, 0) is 9.53 Å². The Morgan fingerprint density at radius 1 is 1.60 bits per heavy atom. The molecular formula is C10H17NO4. The van der Waals surface area contributed by atoms with Crippen LogP contribution in [0.5, 0.6) is 0 Å². The van der Waals surface area contributed by atoms with Gasteiger partial charge in [0.1, 0.15) is 12.6 Å². The Hall–Kier alpha value is -1.52. The summed E-state index contributed by atoms with van der Waals surface area (Å²) in [6.07, 6.45) is 1.50. The van der Waals surface area contributed by atoms with Gasteiger partial charge < -0.3 is 9.84 Å². The maximum atomic E-state index is 11.4. The van der Waals surface area contributed by atoms with E-state index in [0.29, 0.717) is 13.0 Å². The molecule has 1 amide bonds. The molecule has 5 nitrogen and oxygen atoms in total. The van der Waals surface area contributed by atoms with Crippen molar-refractivity contribution in [3.63, 3.8) is 0 Å². The minimum Gasteiger partial charge on any atom is -0.480 e. The first-order chi connectivity index (χ1) is 7.04. The van der Waals surface area contributed by atoms with E-state index in [4.69, 9.17) is 9.84 Å². The first kappa shape index (κ1) is 13.5. The molecule has 0 heterocycles. The minimum absolute atomic E-state index is 0.0887. The highest BCUT2D eigenvalue weighted by molar-refractivity contribution is 5.79. The molecule has 1 atom stereocenters. The number of aliphatic carboxylic acids is 1. The monoisotopic (exact) mass is 215 g/mol. The van der Waals surface area contributed by atoms with Gasteiger partial charge in [-0.3, -0.25) is 4.90 Å². The number of carboxylic acid groups (broad SMARTS) is 1. The molecule has 1 unspecified atom stereocenters. The predicted molar refractivity (Wildman–Crippen MR) is 55.6 cm³/mol. The number of carboxylic acids is 1. The predicted octanol–water partition coefficient (Wildman–Crippen LogP) is 1.49. The summed E-state index contributed by atoms with van der Waals surface area (Å²) in [5.41, 5.74) is 0. The number of hydrogen-bond donors (Lipinski definition) is 1. The first-order valence-electron chi connectivity index (χ1n) is 4.81. The second-order valence-corrected chi connectivity index (χ2v) is 3.07. The summed E-state index contributed by atoms with van der Waals surface area (Å²) < 4.78 is 4.78. The molecule has 1 N–H and O–H groups in total. The van der Waals surface area contributed by atoms with Gasteiger partial charge >= 0.3 is 12.1 Å². The lowest BCUT2D eigenvalue weighted by Gasteiger charge is -2.24. The van der Waals surface area contributed by atoms with Gasteiger partial charge in [-0.15, -0.1) is 0 Å². The van der Waals surface area contributed by atoms with Gasteiger partial charge in [-0.25, -0.2) is 9.59 Å². The maximum absolute atomic E-state index is 11.4. The zero-order valence-electron chi connectivity index (χ0n) is 9.10. The van der Waals surface area contributed by atoms with Crippen molar-refractivity contribution in [1.29, 1.82) is 0 Å². The van der Waals surface area contributed by atoms with E-state index >= 15 is 0 Å². The summed E-state index contributed by atoms with van der Waals surface area (Å²) in [6, 6.07) is -0.873. The Morgan fingerprint density at radius 2 is 2.20 bits per heavy atom. The molecule has 0 fully saturated rings. The van der Waals surface area contributed by atoms with Gasteiger partial charge in [0.25, 0.3) is 0 Å². The lowest BCUT2D eigenvalue weighted by Crippen LogP contribution is -2.43. The summed E-state index contributed by atoms with van der Waals surface area (Å²) in [7, 11) is 0. The minimum atomic E-state index is -1.04. The fourth-order valence-corrected chi connectivity index (χ4v) is 1.03. The van der Waals surface area contributed by atoms with Gasteiger partial charge in [-0.1, -0.05) is 19.6 Å². The van der Waals surface area contributed by atoms with Crippen LogP contribution >= 0.6 is 0 Å². The molecule has 0 saturated carbocycles. The molecule has 0 aliphatic rings. The highest BCUT2D eigenvalue weighted by atomic mass is 16.6. The highest BCUT2D eigenvalue weighted by Gasteiger charge is 2.25. The van der Waals surface area contributed by atoms with Crippen LogP contribution in [0.4, 0.5) is 4.79 Å². The van der Waals surface area contributed by atoms with Crippen molar-refractivity contribution in [2.75, 3.05) is 13.2 Å². The molecule has 0 aliphatic heterocycles. The highest BCUT2D eigenvalue weighted by Crippen LogP contribution is 2.04. The summed E-state index contributed by atoms with van der Waals surface area (Å²) in [4.78, 5) is 23.3. The van der Waals surface area contributed by atoms with Gasteiger partial charge in [-0.05, 0) is 13.3 Å². The average molecular weight is 215 g/mol. The van der Waals surface area contributed by atoms with Gasteiger partial charge in [-0.2, -0.15) is 0 Å². The third-order valence-corrected chi connectivity index (χ3v) is 1.85. The number of carbonyl (C=O) groups is 2. The van der Waals surface area contributed by atoms with Crippen LogP contribution in [0.2, 0.25) is 0 Å². The number of hydrogen-bond acceptors (Lipinski definition) is 3. The quantitative estimate of drug-likeness (QED) is 0.682. The van der Waals surface area contributed by atoms with E-state index in [9.17, 15) is 9.59 Å². The fourth-order valence-electron chi connectivity index (χ4n) is 1.03. The van der Waals surface area contributed by atoms with Crippen molar-refractivity contribution in [1.82, 2.24) is 4.90 Å². The summed E-state index contributed by atoms with van der Waals surface area (Å²) in [5.74, 6) is -1.04. The molecule has 0 aromatic rings. The number of rotatable bonds is 6. The Balaban J connectivity index is 4.42. The number of ether oxygens (including phenoxy) is 1. The first-order valence-corrected chi connectivity index (χ1v) is 4.81. The van der Waals surface area contributed by atoms with Crippen molar-refractivity contribution in [2.45, 2.75) is 26.3 Å². The second-order valence-electron chi connectivity index (χ2n) is 3.07. The van der Waals surface area contributed by atoms with Crippen molar-refractivity contribution < 1.29 is 19.4 Å². The molecule has 0 aliphatic carbocycles. The number of amides is 1. The Kier molecular flexibility index (Phi) is 6.17. The van der Waals surface area contributed by atoms with E-state index in [0.717, 1.165) is 0 Å². The summed E-state index contributed by atoms with van der Waals surface area (Å²) in [5, 5.41) is 8.78. The number of nitrogens with zero attached hydrogens (tertiary/aromatic N) is 1. The van der Waals surface area contributed by atoms with Crippen molar-refractivity contribution in [2.24, 2.45) is 0 Å². The molecule has 86 valence electrons. The third-order valence-electron chi connectivity index (χ3n) is 1.85. The van der Waals surface area contributed by atoms with Crippen LogP contribution in [0.3, 0.4) is 0 Å². The van der Waals surface area contributed by atoms with Crippen molar-refractivity contribution in [3.05, 3.63) is 12.7 Å². The van der Waals surface area contributed by atoms with Gasteiger partial charge in [0.05, 0.1) is 0 Å². The van der Waals surface area contributed by atoms with Crippen LogP contribution in [0.1, 0.15) is 20.3 Å². The molecule has 5 heteroatoms. The fraction of sp³-hybridized carbons (Fsp3) is 0.600. The third kappa shape index (κ3) is 4.49. The Bertz CT molecular complexity index is 240. The summed E-state index contributed by atoms with van der Waals surface area (Å²) >= 11 is 0. The van der Waals surface area contributed by atoms with Crippen LogP contribution in [0.15, 0.2) is 12.7 Å². The number of carbonyl (C=O) groups excluding carboxylic acids is 1. The van der Waals surface area contributed by atoms with Crippen LogP contribution in [0.25, 0.3) is 0 Å². The topological polar surface area (TPSA) is 66.8 Å². The zero-order chi connectivity index (χ0) is 11.8. The summed E-state index contributed by atoms with van der Waals surface area (Å²) in [6.45, 7) is 7.17. The standard InChI is InChI=1S/C10H17NO4/c1-4-6-11(8(3)9(12)13)10(14)15-7-5-2/h5,8H,2,4,6-7H2,1,3H3,(H,12,13). The van der Waals surface area contributed by atoms with Crippen LogP contribution in [-0.4, -0.2) is 41.3 Å². The van der Waals surface area contributed by atoms with E-state index in [2.05, 4.69) is 6.58 Å². The van der Waals surface area contributed by atoms with Crippen molar-refractivity contribution in [3.8, 4) is 0 Å².